The number of halogens is 3. The van der Waals surface area contributed by atoms with Gasteiger partial charge in [0.15, 0.2) is 11.6 Å². The molecule has 1 amide bonds. The summed E-state index contributed by atoms with van der Waals surface area (Å²) in [5.74, 6) is -1.05. The van der Waals surface area contributed by atoms with Gasteiger partial charge in [-0.25, -0.2) is 23.1 Å². The van der Waals surface area contributed by atoms with Gasteiger partial charge in [0.2, 0.25) is 5.91 Å². The first-order chi connectivity index (χ1) is 16.5. The molecule has 0 fully saturated rings. The van der Waals surface area contributed by atoms with Crippen molar-refractivity contribution in [3.8, 4) is 11.3 Å². The number of hydrogen-bond donors (Lipinski definition) is 1. The second-order valence-corrected chi connectivity index (χ2v) is 8.65. The molecule has 2 aromatic heterocycles. The van der Waals surface area contributed by atoms with Crippen LogP contribution in [0, 0.1) is 17.5 Å². The van der Waals surface area contributed by atoms with Crippen LogP contribution in [0.15, 0.2) is 53.4 Å². The average molecular weight is 484 g/mol. The summed E-state index contributed by atoms with van der Waals surface area (Å²) in [6, 6.07) is 9.44. The van der Waals surface area contributed by atoms with Gasteiger partial charge in [-0.05, 0) is 42.8 Å². The van der Waals surface area contributed by atoms with Crippen molar-refractivity contribution in [2.75, 3.05) is 11.9 Å². The van der Waals surface area contributed by atoms with Crippen molar-refractivity contribution in [2.24, 2.45) is 0 Å². The Morgan fingerprint density at radius 1 is 1.06 bits per heavy atom. The zero-order valence-electron chi connectivity index (χ0n) is 18.0. The normalized spacial score (nSPS) is 13.1. The van der Waals surface area contributed by atoms with E-state index >= 15 is 0 Å². The number of hydrogen-bond acceptors (Lipinski definition) is 5. The van der Waals surface area contributed by atoms with Crippen LogP contribution in [0.25, 0.3) is 11.3 Å². The Morgan fingerprint density at radius 3 is 2.62 bits per heavy atom. The summed E-state index contributed by atoms with van der Waals surface area (Å²) in [7, 11) is 0. The molecule has 1 aliphatic rings. The van der Waals surface area contributed by atoms with Gasteiger partial charge in [-0.3, -0.25) is 4.79 Å². The third kappa shape index (κ3) is 4.54. The maximum atomic E-state index is 13.8. The summed E-state index contributed by atoms with van der Waals surface area (Å²) in [4.78, 5) is 23.5. The van der Waals surface area contributed by atoms with E-state index in [9.17, 15) is 18.0 Å². The van der Waals surface area contributed by atoms with Crippen LogP contribution in [0.1, 0.15) is 17.9 Å². The highest BCUT2D eigenvalue weighted by Crippen LogP contribution is 2.33. The minimum Gasteiger partial charge on any atom is -0.340 e. The summed E-state index contributed by atoms with van der Waals surface area (Å²) in [6.07, 6.45) is 0.937. The van der Waals surface area contributed by atoms with Crippen LogP contribution in [0.3, 0.4) is 0 Å². The van der Waals surface area contributed by atoms with Crippen molar-refractivity contribution in [1.82, 2.24) is 19.4 Å². The Hall–Kier alpha value is -3.66. The SMILES string of the molecule is O=C(CCc1cscn1)N1CCn2c(nc(-c3ccc(F)cc3)c2Nc2ccc(F)c(F)c2)C1. The minimum atomic E-state index is -0.969. The fourth-order valence-corrected chi connectivity index (χ4v) is 4.54. The molecule has 0 saturated carbocycles. The highest BCUT2D eigenvalue weighted by Gasteiger charge is 2.27. The quantitative estimate of drug-likeness (QED) is 0.412. The molecular formula is C24H20F3N5OS. The van der Waals surface area contributed by atoms with Gasteiger partial charge in [-0.1, -0.05) is 0 Å². The molecule has 0 aliphatic carbocycles. The standard InChI is InChI=1S/C24H20F3N5OS/c25-16-3-1-15(2-4-16)23-24(29-17-5-7-19(26)20(27)11-17)32-10-9-31(12-21(32)30-23)22(33)8-6-18-13-34-14-28-18/h1-5,7,11,13-14,29H,6,8-10,12H2. The van der Waals surface area contributed by atoms with Crippen molar-refractivity contribution < 1.29 is 18.0 Å². The van der Waals surface area contributed by atoms with E-state index in [-0.39, 0.29) is 11.7 Å². The van der Waals surface area contributed by atoms with E-state index in [0.29, 0.717) is 61.1 Å². The number of carbonyl (C=O) groups is 1. The predicted molar refractivity (Wildman–Crippen MR) is 123 cm³/mol. The van der Waals surface area contributed by atoms with Gasteiger partial charge < -0.3 is 14.8 Å². The zero-order chi connectivity index (χ0) is 23.7. The molecule has 0 bridgehead atoms. The highest BCUT2D eigenvalue weighted by molar-refractivity contribution is 7.07. The van der Waals surface area contributed by atoms with E-state index in [1.165, 1.54) is 29.5 Å². The lowest BCUT2D eigenvalue weighted by atomic mass is 10.1. The monoisotopic (exact) mass is 483 g/mol. The first-order valence-electron chi connectivity index (χ1n) is 10.7. The summed E-state index contributed by atoms with van der Waals surface area (Å²) < 4.78 is 42.6. The number of aryl methyl sites for hydroxylation is 1. The number of fused-ring (bicyclic) bond motifs is 1. The lowest BCUT2D eigenvalue weighted by Crippen LogP contribution is -2.38. The number of nitrogens with zero attached hydrogens (tertiary/aromatic N) is 4. The molecule has 10 heteroatoms. The maximum absolute atomic E-state index is 13.8. The molecule has 0 radical (unpaired) electrons. The van der Waals surface area contributed by atoms with E-state index in [1.54, 1.807) is 22.5 Å². The van der Waals surface area contributed by atoms with Gasteiger partial charge in [0.1, 0.15) is 23.2 Å². The zero-order valence-corrected chi connectivity index (χ0v) is 18.8. The second kappa shape index (κ2) is 9.30. The van der Waals surface area contributed by atoms with Crippen molar-refractivity contribution in [2.45, 2.75) is 25.9 Å². The fourth-order valence-electron chi connectivity index (χ4n) is 3.94. The maximum Gasteiger partial charge on any atom is 0.223 e. The number of nitrogens with one attached hydrogen (secondary N) is 1. The molecule has 0 saturated heterocycles. The lowest BCUT2D eigenvalue weighted by molar-refractivity contribution is -0.132. The number of amides is 1. The molecule has 174 valence electrons. The van der Waals surface area contributed by atoms with Gasteiger partial charge in [0, 0.05) is 42.2 Å². The number of rotatable bonds is 6. The van der Waals surface area contributed by atoms with Crippen LogP contribution >= 0.6 is 11.3 Å². The topological polar surface area (TPSA) is 63.1 Å². The Morgan fingerprint density at radius 2 is 1.88 bits per heavy atom. The molecule has 0 unspecified atom stereocenters. The third-order valence-corrected chi connectivity index (χ3v) is 6.34. The van der Waals surface area contributed by atoms with Crippen molar-refractivity contribution >= 4 is 28.7 Å². The summed E-state index contributed by atoms with van der Waals surface area (Å²) in [6.45, 7) is 1.26. The third-order valence-electron chi connectivity index (χ3n) is 5.70. The molecule has 3 heterocycles. The van der Waals surface area contributed by atoms with Crippen LogP contribution in [0.2, 0.25) is 0 Å². The molecule has 0 atom stereocenters. The second-order valence-electron chi connectivity index (χ2n) is 7.93. The van der Waals surface area contributed by atoms with Crippen LogP contribution in [-0.4, -0.2) is 31.9 Å². The number of aromatic nitrogens is 3. The Bertz CT molecular complexity index is 1320. The van der Waals surface area contributed by atoms with Crippen molar-refractivity contribution in [3.63, 3.8) is 0 Å². The van der Waals surface area contributed by atoms with Gasteiger partial charge in [0.25, 0.3) is 0 Å². The van der Waals surface area contributed by atoms with Crippen LogP contribution in [0.5, 0.6) is 0 Å². The predicted octanol–water partition coefficient (Wildman–Crippen LogP) is 5.14. The number of anilines is 2. The molecule has 34 heavy (non-hydrogen) atoms. The van der Waals surface area contributed by atoms with Gasteiger partial charge in [0.05, 0.1) is 17.7 Å². The Labute approximate surface area is 197 Å². The van der Waals surface area contributed by atoms with Gasteiger partial charge in [-0.2, -0.15) is 0 Å². The first kappa shape index (κ1) is 22.1. The molecule has 1 N–H and O–H groups in total. The van der Waals surface area contributed by atoms with E-state index in [4.69, 9.17) is 4.98 Å². The molecule has 1 aliphatic heterocycles. The number of carbonyl (C=O) groups excluding carboxylic acids is 1. The number of benzene rings is 2. The van der Waals surface area contributed by atoms with Gasteiger partial charge >= 0.3 is 0 Å². The summed E-state index contributed by atoms with van der Waals surface area (Å²) in [5, 5.41) is 5.07. The Balaban J connectivity index is 1.43. The van der Waals surface area contributed by atoms with E-state index in [2.05, 4.69) is 10.3 Å². The summed E-state index contributed by atoms with van der Waals surface area (Å²) >= 11 is 1.50. The molecule has 6 nitrogen and oxygen atoms in total. The highest BCUT2D eigenvalue weighted by atomic mass is 32.1. The molecule has 0 spiro atoms. The Kier molecular flexibility index (Phi) is 6.06. The molecule has 5 rings (SSSR count). The number of thiazole rings is 1. The van der Waals surface area contributed by atoms with Crippen molar-refractivity contribution in [3.05, 3.63) is 82.3 Å². The molecule has 4 aromatic rings. The smallest absolute Gasteiger partial charge is 0.223 e. The largest absolute Gasteiger partial charge is 0.340 e. The molecule has 2 aromatic carbocycles. The minimum absolute atomic E-state index is 0.0145. The van der Waals surface area contributed by atoms with E-state index in [1.807, 2.05) is 9.95 Å². The molecular weight excluding hydrogens is 463 g/mol. The summed E-state index contributed by atoms with van der Waals surface area (Å²) in [5.41, 5.74) is 4.20. The van der Waals surface area contributed by atoms with E-state index in [0.717, 1.165) is 17.8 Å². The van der Waals surface area contributed by atoms with Gasteiger partial charge in [-0.15, -0.1) is 11.3 Å². The first-order valence-corrected chi connectivity index (χ1v) is 11.6. The average Bonchev–Trinajstić information content (AvgIpc) is 3.48. The van der Waals surface area contributed by atoms with E-state index < -0.39 is 11.6 Å². The van der Waals surface area contributed by atoms with Crippen LogP contribution in [-0.2, 0) is 24.3 Å². The van der Waals surface area contributed by atoms with Crippen LogP contribution < -0.4 is 5.32 Å². The van der Waals surface area contributed by atoms with Crippen LogP contribution in [0.4, 0.5) is 24.7 Å². The fraction of sp³-hybridized carbons (Fsp3) is 0.208. The van der Waals surface area contributed by atoms with Crippen molar-refractivity contribution in [1.29, 1.82) is 0 Å². The lowest BCUT2D eigenvalue weighted by Gasteiger charge is -2.28. The number of imidazole rings is 1.